The van der Waals surface area contributed by atoms with Crippen LogP contribution in [0.4, 0.5) is 5.69 Å². The number of nitrogens with one attached hydrogen (secondary N) is 1. The number of rotatable bonds is 5. The highest BCUT2D eigenvalue weighted by Gasteiger charge is 2.26. The van der Waals surface area contributed by atoms with Gasteiger partial charge in [-0.1, -0.05) is 18.9 Å². The van der Waals surface area contributed by atoms with E-state index in [4.69, 9.17) is 0 Å². The lowest BCUT2D eigenvalue weighted by atomic mass is 10.2. The molecule has 1 aromatic carbocycles. The van der Waals surface area contributed by atoms with Crippen LogP contribution in [0.5, 0.6) is 0 Å². The number of nitrogens with zero attached hydrogens (tertiary/aromatic N) is 4. The molecule has 0 unspecified atom stereocenters. The van der Waals surface area contributed by atoms with Crippen molar-refractivity contribution in [3.8, 4) is 5.82 Å². The highest BCUT2D eigenvalue weighted by molar-refractivity contribution is 7.89. The molecule has 1 aliphatic heterocycles. The third-order valence-electron chi connectivity index (χ3n) is 5.06. The van der Waals surface area contributed by atoms with E-state index in [0.29, 0.717) is 24.6 Å². The molecule has 8 nitrogen and oxygen atoms in total. The Morgan fingerprint density at radius 2 is 1.77 bits per heavy atom. The minimum absolute atomic E-state index is 0.135. The monoisotopic (exact) mass is 425 g/mol. The van der Waals surface area contributed by atoms with Gasteiger partial charge in [-0.25, -0.2) is 18.1 Å². The summed E-state index contributed by atoms with van der Waals surface area (Å²) in [5, 5.41) is 6.96. The first-order chi connectivity index (χ1) is 14.6. The van der Waals surface area contributed by atoms with Crippen molar-refractivity contribution in [2.24, 2.45) is 0 Å². The van der Waals surface area contributed by atoms with Gasteiger partial charge < -0.3 is 5.32 Å². The first-order valence-electron chi connectivity index (χ1n) is 9.92. The Morgan fingerprint density at radius 1 is 0.967 bits per heavy atom. The number of carbonyl (C=O) groups excluding carboxylic acids is 1. The molecule has 1 N–H and O–H groups in total. The quantitative estimate of drug-likeness (QED) is 0.678. The first-order valence-corrected chi connectivity index (χ1v) is 11.4. The standard InChI is InChI=1S/C21H23N5O3S/c27-21(24-19-10-6-11-22-20(19)26-15-7-12-23-26)17-8-5-9-18(16-17)30(28,29)25-13-3-1-2-4-14-25/h5-12,15-16H,1-4,13-14H2,(H,24,27). The molecule has 156 valence electrons. The van der Waals surface area contributed by atoms with Crippen LogP contribution in [0.3, 0.4) is 0 Å². The van der Waals surface area contributed by atoms with Gasteiger partial charge in [0.05, 0.1) is 10.6 Å². The lowest BCUT2D eigenvalue weighted by molar-refractivity contribution is 0.102. The summed E-state index contributed by atoms with van der Waals surface area (Å²) in [6, 6.07) is 11.4. The number of carbonyl (C=O) groups is 1. The summed E-state index contributed by atoms with van der Waals surface area (Å²) < 4.78 is 29.2. The number of hydrogen-bond acceptors (Lipinski definition) is 5. The van der Waals surface area contributed by atoms with Crippen LogP contribution >= 0.6 is 0 Å². The Morgan fingerprint density at radius 3 is 2.50 bits per heavy atom. The van der Waals surface area contributed by atoms with E-state index in [1.165, 1.54) is 16.4 Å². The van der Waals surface area contributed by atoms with Gasteiger partial charge in [0.1, 0.15) is 0 Å². The Labute approximate surface area is 175 Å². The predicted molar refractivity (Wildman–Crippen MR) is 113 cm³/mol. The molecule has 3 heterocycles. The molecule has 9 heteroatoms. The van der Waals surface area contributed by atoms with Crippen molar-refractivity contribution in [2.45, 2.75) is 30.6 Å². The summed E-state index contributed by atoms with van der Waals surface area (Å²) in [6.07, 6.45) is 8.76. The summed E-state index contributed by atoms with van der Waals surface area (Å²) in [7, 11) is -3.63. The fraction of sp³-hybridized carbons (Fsp3) is 0.286. The Hall–Kier alpha value is -3.04. The molecule has 1 fully saturated rings. The number of sulfonamides is 1. The van der Waals surface area contributed by atoms with Crippen molar-refractivity contribution in [1.29, 1.82) is 0 Å². The van der Waals surface area contributed by atoms with Crippen LogP contribution in [0.25, 0.3) is 5.82 Å². The Balaban J connectivity index is 1.58. The second-order valence-electron chi connectivity index (χ2n) is 7.13. The van der Waals surface area contributed by atoms with Gasteiger partial charge in [0, 0.05) is 37.2 Å². The maximum atomic E-state index is 13.1. The Bertz CT molecular complexity index is 1120. The number of anilines is 1. The SMILES string of the molecule is O=C(Nc1cccnc1-n1cccn1)c1cccc(S(=O)(=O)N2CCCCCC2)c1. The molecule has 0 saturated carbocycles. The molecule has 0 aliphatic carbocycles. The average molecular weight is 426 g/mol. The fourth-order valence-corrected chi connectivity index (χ4v) is 5.06. The van der Waals surface area contributed by atoms with E-state index >= 15 is 0 Å². The molecule has 2 aromatic heterocycles. The highest BCUT2D eigenvalue weighted by Crippen LogP contribution is 2.22. The molecular formula is C21H23N5O3S. The van der Waals surface area contributed by atoms with Gasteiger partial charge in [-0.05, 0) is 49.2 Å². The molecule has 0 bridgehead atoms. The average Bonchev–Trinajstić information content (AvgIpc) is 3.15. The normalized spacial score (nSPS) is 15.5. The van der Waals surface area contributed by atoms with Crippen molar-refractivity contribution in [2.75, 3.05) is 18.4 Å². The maximum Gasteiger partial charge on any atom is 0.255 e. The van der Waals surface area contributed by atoms with Gasteiger partial charge in [-0.15, -0.1) is 0 Å². The molecule has 0 spiro atoms. The smallest absolute Gasteiger partial charge is 0.255 e. The lowest BCUT2D eigenvalue weighted by Crippen LogP contribution is -2.32. The molecule has 1 saturated heterocycles. The van der Waals surface area contributed by atoms with Crippen molar-refractivity contribution < 1.29 is 13.2 Å². The van der Waals surface area contributed by atoms with Crippen LogP contribution in [0, 0.1) is 0 Å². The fourth-order valence-electron chi connectivity index (χ4n) is 3.49. The molecule has 1 amide bonds. The molecule has 0 radical (unpaired) electrons. The van der Waals surface area contributed by atoms with Gasteiger partial charge in [-0.2, -0.15) is 9.40 Å². The van der Waals surface area contributed by atoms with Crippen molar-refractivity contribution in [3.05, 3.63) is 66.6 Å². The highest BCUT2D eigenvalue weighted by atomic mass is 32.2. The summed E-state index contributed by atoms with van der Waals surface area (Å²) in [4.78, 5) is 17.3. The third-order valence-corrected chi connectivity index (χ3v) is 6.95. The zero-order valence-electron chi connectivity index (χ0n) is 16.4. The van der Waals surface area contributed by atoms with E-state index in [1.807, 2.05) is 0 Å². The van der Waals surface area contributed by atoms with Crippen molar-refractivity contribution in [3.63, 3.8) is 0 Å². The van der Waals surface area contributed by atoms with Crippen molar-refractivity contribution in [1.82, 2.24) is 19.1 Å². The number of pyridine rings is 1. The molecule has 30 heavy (non-hydrogen) atoms. The summed E-state index contributed by atoms with van der Waals surface area (Å²) in [5.41, 5.74) is 0.744. The largest absolute Gasteiger partial charge is 0.319 e. The number of amides is 1. The van der Waals surface area contributed by atoms with Gasteiger partial charge in [0.25, 0.3) is 5.91 Å². The topological polar surface area (TPSA) is 97.2 Å². The maximum absolute atomic E-state index is 13.1. The second-order valence-corrected chi connectivity index (χ2v) is 9.06. The summed E-state index contributed by atoms with van der Waals surface area (Å²) >= 11 is 0. The number of benzene rings is 1. The van der Waals surface area contributed by atoms with Crippen LogP contribution in [0.2, 0.25) is 0 Å². The van der Waals surface area contributed by atoms with Crippen LogP contribution < -0.4 is 5.32 Å². The van der Waals surface area contributed by atoms with E-state index in [-0.39, 0.29) is 10.5 Å². The zero-order chi connectivity index (χ0) is 21.0. The van der Waals surface area contributed by atoms with Gasteiger partial charge >= 0.3 is 0 Å². The van der Waals surface area contributed by atoms with Gasteiger partial charge in [-0.3, -0.25) is 4.79 Å². The van der Waals surface area contributed by atoms with Crippen LogP contribution in [0.1, 0.15) is 36.0 Å². The van der Waals surface area contributed by atoms with Crippen LogP contribution in [0.15, 0.2) is 66.0 Å². The van der Waals surface area contributed by atoms with E-state index in [0.717, 1.165) is 25.7 Å². The molecule has 1 aliphatic rings. The van der Waals surface area contributed by atoms with Crippen LogP contribution in [-0.2, 0) is 10.0 Å². The minimum Gasteiger partial charge on any atom is -0.319 e. The van der Waals surface area contributed by atoms with Crippen LogP contribution in [-0.4, -0.2) is 46.5 Å². The summed E-state index contributed by atoms with van der Waals surface area (Å²) in [5.74, 6) is 0.0634. The second kappa shape index (κ2) is 8.76. The molecular weight excluding hydrogens is 402 g/mol. The summed E-state index contributed by atoms with van der Waals surface area (Å²) in [6.45, 7) is 1.03. The lowest BCUT2D eigenvalue weighted by Gasteiger charge is -2.20. The third kappa shape index (κ3) is 4.27. The minimum atomic E-state index is -3.63. The van der Waals surface area contributed by atoms with E-state index in [9.17, 15) is 13.2 Å². The first kappa shape index (κ1) is 20.2. The zero-order valence-corrected chi connectivity index (χ0v) is 17.3. The number of hydrogen-bond donors (Lipinski definition) is 1. The predicted octanol–water partition coefficient (Wildman–Crippen LogP) is 3.08. The van der Waals surface area contributed by atoms with Crippen molar-refractivity contribution >= 4 is 21.6 Å². The molecule has 4 rings (SSSR count). The van der Waals surface area contributed by atoms with E-state index < -0.39 is 15.9 Å². The molecule has 0 atom stereocenters. The van der Waals surface area contributed by atoms with Gasteiger partial charge in [0.15, 0.2) is 5.82 Å². The van der Waals surface area contributed by atoms with E-state index in [1.54, 1.807) is 53.6 Å². The van der Waals surface area contributed by atoms with Gasteiger partial charge in [0.2, 0.25) is 10.0 Å². The Kier molecular flexibility index (Phi) is 5.91. The number of aromatic nitrogens is 3. The molecule has 3 aromatic rings. The van der Waals surface area contributed by atoms with E-state index in [2.05, 4.69) is 15.4 Å².